The monoisotopic (exact) mass is 371 g/mol. The van der Waals surface area contributed by atoms with Crippen molar-refractivity contribution in [1.29, 1.82) is 0 Å². The van der Waals surface area contributed by atoms with E-state index < -0.39 is 24.5 Å². The lowest BCUT2D eigenvalue weighted by atomic mass is 10.1. The van der Waals surface area contributed by atoms with Crippen LogP contribution in [-0.2, 0) is 20.7 Å². The van der Waals surface area contributed by atoms with Crippen LogP contribution < -0.4 is 10.6 Å². The molecule has 3 amide bonds. The highest BCUT2D eigenvalue weighted by atomic mass is 16.5. The molecule has 1 heterocycles. The van der Waals surface area contributed by atoms with Gasteiger partial charge >= 0.3 is 12.0 Å². The van der Waals surface area contributed by atoms with Gasteiger partial charge in [0.05, 0.1) is 0 Å². The van der Waals surface area contributed by atoms with Crippen LogP contribution in [0.25, 0.3) is 10.9 Å². The number of aryl methyl sites for hydroxylation is 1. The molecule has 1 aliphatic carbocycles. The predicted molar refractivity (Wildman–Crippen MR) is 101 cm³/mol. The van der Waals surface area contributed by atoms with Crippen LogP contribution in [0.5, 0.6) is 0 Å². The van der Waals surface area contributed by atoms with E-state index in [4.69, 9.17) is 4.74 Å². The molecule has 0 unspecified atom stereocenters. The average molecular weight is 371 g/mol. The van der Waals surface area contributed by atoms with Crippen molar-refractivity contribution in [3.63, 3.8) is 0 Å². The largest absolute Gasteiger partial charge is 0.456 e. The number of esters is 1. The average Bonchev–Trinajstić information content (AvgIpc) is 3.30. The Morgan fingerprint density at radius 2 is 1.93 bits per heavy atom. The molecule has 1 fully saturated rings. The number of amides is 3. The van der Waals surface area contributed by atoms with E-state index in [2.05, 4.69) is 15.6 Å². The molecule has 1 aliphatic rings. The van der Waals surface area contributed by atoms with Crippen molar-refractivity contribution in [3.8, 4) is 0 Å². The van der Waals surface area contributed by atoms with Crippen molar-refractivity contribution in [2.45, 2.75) is 51.0 Å². The quantitative estimate of drug-likeness (QED) is 0.652. The molecule has 144 valence electrons. The number of nitrogens with one attached hydrogen (secondary N) is 3. The van der Waals surface area contributed by atoms with Crippen LogP contribution in [0.3, 0.4) is 0 Å². The highest BCUT2D eigenvalue weighted by Crippen LogP contribution is 2.19. The number of aromatic amines is 1. The van der Waals surface area contributed by atoms with Gasteiger partial charge in [-0.2, -0.15) is 0 Å². The summed E-state index contributed by atoms with van der Waals surface area (Å²) in [7, 11) is 0. The molecule has 1 aromatic heterocycles. The Morgan fingerprint density at radius 3 is 2.74 bits per heavy atom. The number of carbonyl (C=O) groups excluding carboxylic acids is 3. The second kappa shape index (κ2) is 9.21. The third-order valence-corrected chi connectivity index (χ3v) is 4.81. The first kappa shape index (κ1) is 18.9. The van der Waals surface area contributed by atoms with E-state index >= 15 is 0 Å². The molecule has 27 heavy (non-hydrogen) atoms. The number of hydrogen-bond acceptors (Lipinski definition) is 4. The van der Waals surface area contributed by atoms with Crippen molar-refractivity contribution >= 4 is 28.8 Å². The van der Waals surface area contributed by atoms with Crippen LogP contribution >= 0.6 is 0 Å². The minimum atomic E-state index is -0.615. The van der Waals surface area contributed by atoms with E-state index in [0.717, 1.165) is 48.6 Å². The van der Waals surface area contributed by atoms with E-state index in [0.29, 0.717) is 6.42 Å². The number of rotatable bonds is 7. The number of benzene rings is 1. The normalized spacial score (nSPS) is 14.2. The third-order valence-electron chi connectivity index (χ3n) is 4.81. The molecular formula is C20H25N3O4. The Kier molecular flexibility index (Phi) is 6.46. The Labute approximate surface area is 157 Å². The van der Waals surface area contributed by atoms with Gasteiger partial charge in [0.15, 0.2) is 6.61 Å². The fraction of sp³-hybridized carbons (Fsp3) is 0.450. The predicted octanol–water partition coefficient (Wildman–Crippen LogP) is 2.80. The number of ether oxygens (including phenoxy) is 1. The second-order valence-corrected chi connectivity index (χ2v) is 6.88. The SMILES string of the molecule is O=C(COC(=O)CCCc1c[nH]c2ccccc12)NC(=O)NC1CCCC1. The molecule has 7 heteroatoms. The molecular weight excluding hydrogens is 346 g/mol. The smallest absolute Gasteiger partial charge is 0.321 e. The van der Waals surface area contributed by atoms with Crippen molar-refractivity contribution in [3.05, 3.63) is 36.0 Å². The number of para-hydroxylation sites is 1. The van der Waals surface area contributed by atoms with Gasteiger partial charge < -0.3 is 15.0 Å². The van der Waals surface area contributed by atoms with Crippen molar-refractivity contribution in [2.24, 2.45) is 0 Å². The number of hydrogen-bond donors (Lipinski definition) is 3. The van der Waals surface area contributed by atoms with Gasteiger partial charge in [-0.05, 0) is 37.3 Å². The van der Waals surface area contributed by atoms with E-state index in [1.54, 1.807) is 0 Å². The molecule has 7 nitrogen and oxygen atoms in total. The Hall–Kier alpha value is -2.83. The summed E-state index contributed by atoms with van der Waals surface area (Å²) in [5.74, 6) is -1.06. The van der Waals surface area contributed by atoms with Crippen LogP contribution in [0.2, 0.25) is 0 Å². The van der Waals surface area contributed by atoms with E-state index in [1.807, 2.05) is 30.5 Å². The summed E-state index contributed by atoms with van der Waals surface area (Å²) in [4.78, 5) is 38.4. The number of fused-ring (bicyclic) bond motifs is 1. The van der Waals surface area contributed by atoms with Gasteiger partial charge in [0.25, 0.3) is 5.91 Å². The minimum absolute atomic E-state index is 0.130. The highest BCUT2D eigenvalue weighted by Gasteiger charge is 2.18. The van der Waals surface area contributed by atoms with Crippen molar-refractivity contribution in [2.75, 3.05) is 6.61 Å². The molecule has 0 bridgehead atoms. The third kappa shape index (κ3) is 5.57. The molecule has 1 saturated carbocycles. The number of H-pyrrole nitrogens is 1. The second-order valence-electron chi connectivity index (χ2n) is 6.88. The fourth-order valence-corrected chi connectivity index (χ4v) is 3.43. The van der Waals surface area contributed by atoms with Gasteiger partial charge in [-0.3, -0.25) is 14.9 Å². The van der Waals surface area contributed by atoms with Crippen LogP contribution in [-0.4, -0.2) is 35.5 Å². The summed E-state index contributed by atoms with van der Waals surface area (Å²) in [5, 5.41) is 6.09. The standard InChI is InChI=1S/C20H25N3O4/c24-18(23-20(26)22-15-7-1-2-8-15)13-27-19(25)11-5-6-14-12-21-17-10-4-3-9-16(14)17/h3-4,9-10,12,15,21H,1-2,5-8,11,13H2,(H2,22,23,24,26). The van der Waals surface area contributed by atoms with Gasteiger partial charge in [-0.15, -0.1) is 0 Å². The molecule has 3 rings (SSSR count). The topological polar surface area (TPSA) is 100 Å². The zero-order chi connectivity index (χ0) is 19.1. The maximum absolute atomic E-state index is 11.8. The fourth-order valence-electron chi connectivity index (χ4n) is 3.43. The summed E-state index contributed by atoms with van der Waals surface area (Å²) in [6.45, 7) is -0.440. The number of imide groups is 1. The molecule has 2 aromatic rings. The Bertz CT molecular complexity index is 808. The van der Waals surface area contributed by atoms with E-state index in [-0.39, 0.29) is 12.5 Å². The van der Waals surface area contributed by atoms with Crippen LogP contribution in [0, 0.1) is 0 Å². The van der Waals surface area contributed by atoms with Gasteiger partial charge in [0.2, 0.25) is 0 Å². The summed E-state index contributed by atoms with van der Waals surface area (Å²) in [5.41, 5.74) is 2.22. The Morgan fingerprint density at radius 1 is 1.15 bits per heavy atom. The van der Waals surface area contributed by atoms with Gasteiger partial charge in [0.1, 0.15) is 0 Å². The molecule has 0 atom stereocenters. The van der Waals surface area contributed by atoms with Crippen LogP contribution in [0.1, 0.15) is 44.1 Å². The molecule has 1 aromatic carbocycles. The summed E-state index contributed by atoms with van der Waals surface area (Å²) < 4.78 is 4.94. The van der Waals surface area contributed by atoms with Gasteiger partial charge in [0, 0.05) is 29.6 Å². The van der Waals surface area contributed by atoms with Crippen molar-refractivity contribution in [1.82, 2.24) is 15.6 Å². The van der Waals surface area contributed by atoms with Gasteiger partial charge in [-0.25, -0.2) is 4.79 Å². The highest BCUT2D eigenvalue weighted by molar-refractivity contribution is 5.95. The Balaban J connectivity index is 1.32. The van der Waals surface area contributed by atoms with E-state index in [9.17, 15) is 14.4 Å². The molecule has 0 spiro atoms. The molecule has 0 aliphatic heterocycles. The number of urea groups is 1. The van der Waals surface area contributed by atoms with Gasteiger partial charge in [-0.1, -0.05) is 31.0 Å². The summed E-state index contributed by atoms with van der Waals surface area (Å²) in [6, 6.07) is 7.61. The first-order valence-corrected chi connectivity index (χ1v) is 9.43. The minimum Gasteiger partial charge on any atom is -0.456 e. The molecule has 0 radical (unpaired) electrons. The lowest BCUT2D eigenvalue weighted by Gasteiger charge is -2.12. The van der Waals surface area contributed by atoms with Crippen LogP contribution in [0.15, 0.2) is 30.5 Å². The zero-order valence-corrected chi connectivity index (χ0v) is 15.3. The number of aromatic nitrogens is 1. The lowest BCUT2D eigenvalue weighted by molar-refractivity contribution is -0.148. The number of carbonyl (C=O) groups is 3. The zero-order valence-electron chi connectivity index (χ0n) is 15.3. The molecule has 3 N–H and O–H groups in total. The molecule has 0 saturated heterocycles. The first-order valence-electron chi connectivity index (χ1n) is 9.43. The maximum Gasteiger partial charge on any atom is 0.321 e. The van der Waals surface area contributed by atoms with Crippen LogP contribution in [0.4, 0.5) is 4.79 Å². The first-order chi connectivity index (χ1) is 13.1. The van der Waals surface area contributed by atoms with E-state index in [1.165, 1.54) is 0 Å². The summed E-state index contributed by atoms with van der Waals surface area (Å²) in [6.07, 6.45) is 7.61. The maximum atomic E-state index is 11.8. The lowest BCUT2D eigenvalue weighted by Crippen LogP contribution is -2.44. The summed E-state index contributed by atoms with van der Waals surface area (Å²) >= 11 is 0. The van der Waals surface area contributed by atoms with Crippen molar-refractivity contribution < 1.29 is 19.1 Å².